The van der Waals surface area contributed by atoms with E-state index < -0.39 is 29.6 Å². The van der Waals surface area contributed by atoms with Gasteiger partial charge in [-0.05, 0) is 47.4 Å². The Hall–Kier alpha value is -3.89. The van der Waals surface area contributed by atoms with E-state index >= 15 is 0 Å². The molecule has 0 saturated carbocycles. The summed E-state index contributed by atoms with van der Waals surface area (Å²) >= 11 is 0. The van der Waals surface area contributed by atoms with Gasteiger partial charge in [-0.1, -0.05) is 60.2 Å². The van der Waals surface area contributed by atoms with Crippen LogP contribution in [0.4, 0.5) is 13.2 Å². The summed E-state index contributed by atoms with van der Waals surface area (Å²) in [6.45, 7) is 1.86. The van der Waals surface area contributed by atoms with Crippen molar-refractivity contribution in [3.05, 3.63) is 89.5 Å². The Morgan fingerprint density at radius 1 is 0.972 bits per heavy atom. The van der Waals surface area contributed by atoms with Crippen LogP contribution in [-0.4, -0.2) is 43.1 Å². The SMILES string of the molecule is COc1cccc(-c2cccc(C3(c4ccc(C)cc4)NC(N)(OC(=O)C(F)(F)F)N(C)C3=O)c2)c1. The van der Waals surface area contributed by atoms with E-state index in [1.165, 1.54) is 7.05 Å². The van der Waals surface area contributed by atoms with Crippen molar-refractivity contribution in [2.75, 3.05) is 14.2 Å². The highest BCUT2D eigenvalue weighted by atomic mass is 19.4. The molecule has 0 aliphatic carbocycles. The molecular formula is C26H24F3N3O4. The van der Waals surface area contributed by atoms with Gasteiger partial charge < -0.3 is 9.47 Å². The molecule has 1 saturated heterocycles. The van der Waals surface area contributed by atoms with Crippen LogP contribution < -0.4 is 15.8 Å². The molecule has 3 aromatic rings. The lowest BCUT2D eigenvalue weighted by Gasteiger charge is -2.32. The van der Waals surface area contributed by atoms with Crippen LogP contribution in [0.3, 0.4) is 0 Å². The van der Waals surface area contributed by atoms with Gasteiger partial charge in [0.25, 0.3) is 5.91 Å². The molecule has 0 aromatic heterocycles. The normalized spacial score (nSPS) is 22.0. The molecule has 1 aliphatic rings. The minimum absolute atomic E-state index is 0.388. The first-order valence-electron chi connectivity index (χ1n) is 10.9. The van der Waals surface area contributed by atoms with Crippen LogP contribution in [0.25, 0.3) is 11.1 Å². The summed E-state index contributed by atoms with van der Waals surface area (Å²) in [7, 11) is 2.71. The van der Waals surface area contributed by atoms with Gasteiger partial charge in [0, 0.05) is 7.05 Å². The summed E-state index contributed by atoms with van der Waals surface area (Å²) in [5.41, 5.74) is 7.54. The second kappa shape index (κ2) is 8.96. The van der Waals surface area contributed by atoms with Crippen LogP contribution in [0.5, 0.6) is 5.75 Å². The van der Waals surface area contributed by atoms with Gasteiger partial charge in [0.2, 0.25) is 0 Å². The van der Waals surface area contributed by atoms with E-state index in [9.17, 15) is 22.8 Å². The predicted octanol–water partition coefficient (Wildman–Crippen LogP) is 3.65. The zero-order valence-electron chi connectivity index (χ0n) is 19.7. The first-order valence-corrected chi connectivity index (χ1v) is 10.9. The van der Waals surface area contributed by atoms with Crippen LogP contribution in [0.1, 0.15) is 16.7 Å². The third-order valence-corrected chi connectivity index (χ3v) is 6.15. The van der Waals surface area contributed by atoms with Gasteiger partial charge in [-0.3, -0.25) is 15.4 Å². The highest BCUT2D eigenvalue weighted by Crippen LogP contribution is 2.41. The van der Waals surface area contributed by atoms with Crippen molar-refractivity contribution in [2.45, 2.75) is 24.6 Å². The summed E-state index contributed by atoms with van der Waals surface area (Å²) in [6.07, 6.45) is -5.31. The van der Waals surface area contributed by atoms with Crippen molar-refractivity contribution < 1.29 is 32.2 Å². The Balaban J connectivity index is 1.88. The maximum absolute atomic E-state index is 13.8. The molecule has 3 aromatic carbocycles. The average Bonchev–Trinajstić information content (AvgIpc) is 3.05. The molecule has 7 nitrogen and oxygen atoms in total. The van der Waals surface area contributed by atoms with Crippen molar-refractivity contribution in [1.82, 2.24) is 10.2 Å². The average molecular weight is 499 g/mol. The number of carbonyl (C=O) groups is 2. The zero-order valence-corrected chi connectivity index (χ0v) is 19.7. The van der Waals surface area contributed by atoms with Gasteiger partial charge in [0.05, 0.1) is 7.11 Å². The molecule has 2 unspecified atom stereocenters. The fourth-order valence-electron chi connectivity index (χ4n) is 4.20. The third-order valence-electron chi connectivity index (χ3n) is 6.15. The lowest BCUT2D eigenvalue weighted by Crippen LogP contribution is -2.64. The Morgan fingerprint density at radius 3 is 2.19 bits per heavy atom. The smallest absolute Gasteiger partial charge is 0.491 e. The Labute approximate surface area is 205 Å². The van der Waals surface area contributed by atoms with Gasteiger partial charge in [-0.25, -0.2) is 10.1 Å². The topological polar surface area (TPSA) is 93.9 Å². The van der Waals surface area contributed by atoms with Crippen LogP contribution in [0.15, 0.2) is 72.8 Å². The van der Waals surface area contributed by atoms with E-state index in [1.807, 2.05) is 31.2 Å². The number of methoxy groups -OCH3 is 1. The highest BCUT2D eigenvalue weighted by molar-refractivity contribution is 5.95. The molecule has 1 amide bonds. The standard InChI is InChI=1S/C26H24F3N3O4/c1-16-10-12-19(13-11-16)24(22(33)32(2)26(30,31-24)36-23(34)25(27,28)29)20-8-4-6-17(14-20)18-7-5-9-21(15-18)35-3/h4-15,31H,30H2,1-3H3. The second-order valence-corrected chi connectivity index (χ2v) is 8.50. The number of nitrogens with zero attached hydrogens (tertiary/aromatic N) is 1. The van der Waals surface area contributed by atoms with Crippen LogP contribution in [0, 0.1) is 6.92 Å². The van der Waals surface area contributed by atoms with Gasteiger partial charge in [0.1, 0.15) is 5.75 Å². The van der Waals surface area contributed by atoms with Gasteiger partial charge in [-0.15, -0.1) is 0 Å². The lowest BCUT2D eigenvalue weighted by atomic mass is 9.81. The fourth-order valence-corrected chi connectivity index (χ4v) is 4.20. The van der Waals surface area contributed by atoms with Crippen molar-refractivity contribution >= 4 is 11.9 Å². The van der Waals surface area contributed by atoms with E-state index in [1.54, 1.807) is 55.6 Å². The zero-order chi connectivity index (χ0) is 26.3. The van der Waals surface area contributed by atoms with Crippen LogP contribution in [0.2, 0.25) is 0 Å². The van der Waals surface area contributed by atoms with Crippen molar-refractivity contribution in [2.24, 2.45) is 5.73 Å². The minimum atomic E-state index is -5.31. The number of halogens is 3. The first-order chi connectivity index (χ1) is 16.9. The van der Waals surface area contributed by atoms with Crippen LogP contribution >= 0.6 is 0 Å². The largest absolute Gasteiger partial charge is 0.497 e. The number of likely N-dealkylation sites (N-methyl/N-ethyl adjacent to an activating group) is 1. The number of hydrogen-bond acceptors (Lipinski definition) is 6. The maximum atomic E-state index is 13.8. The van der Waals surface area contributed by atoms with E-state index in [-0.39, 0.29) is 0 Å². The number of aryl methyl sites for hydroxylation is 1. The lowest BCUT2D eigenvalue weighted by molar-refractivity contribution is -0.228. The number of nitrogens with one attached hydrogen (secondary N) is 1. The molecule has 188 valence electrons. The van der Waals surface area contributed by atoms with E-state index in [0.29, 0.717) is 16.9 Å². The molecule has 0 radical (unpaired) electrons. The second-order valence-electron chi connectivity index (χ2n) is 8.50. The quantitative estimate of drug-likeness (QED) is 0.411. The summed E-state index contributed by atoms with van der Waals surface area (Å²) in [4.78, 5) is 26.2. The molecular weight excluding hydrogens is 475 g/mol. The summed E-state index contributed by atoms with van der Waals surface area (Å²) < 4.78 is 48.9. The molecule has 1 heterocycles. The highest BCUT2D eigenvalue weighted by Gasteiger charge is 2.62. The van der Waals surface area contributed by atoms with Crippen molar-refractivity contribution in [1.29, 1.82) is 0 Å². The maximum Gasteiger partial charge on any atom is 0.491 e. The molecule has 1 fully saturated rings. The number of esters is 1. The van der Waals surface area contributed by atoms with Crippen molar-refractivity contribution in [3.8, 4) is 16.9 Å². The molecule has 3 N–H and O–H groups in total. The molecule has 36 heavy (non-hydrogen) atoms. The Morgan fingerprint density at radius 2 is 1.58 bits per heavy atom. The Kier molecular flexibility index (Phi) is 6.27. The number of benzene rings is 3. The molecule has 2 atom stereocenters. The Bertz CT molecular complexity index is 1310. The number of carbonyl (C=O) groups excluding carboxylic acids is 2. The number of hydrogen-bond donors (Lipinski definition) is 2. The number of alkyl halides is 3. The number of rotatable bonds is 5. The van der Waals surface area contributed by atoms with Gasteiger partial charge in [0.15, 0.2) is 5.54 Å². The fraction of sp³-hybridized carbons (Fsp3) is 0.231. The third kappa shape index (κ3) is 4.29. The molecule has 10 heteroatoms. The molecule has 0 spiro atoms. The summed E-state index contributed by atoms with van der Waals surface area (Å²) in [5, 5.41) is 2.72. The number of amides is 1. The number of nitrogens with two attached hydrogens (primary N) is 1. The summed E-state index contributed by atoms with van der Waals surface area (Å²) in [5.74, 6) is -5.17. The summed E-state index contributed by atoms with van der Waals surface area (Å²) in [6, 6.07) is 21.0. The van der Waals surface area contributed by atoms with E-state index in [4.69, 9.17) is 10.5 Å². The van der Waals surface area contributed by atoms with E-state index in [2.05, 4.69) is 10.1 Å². The van der Waals surface area contributed by atoms with Gasteiger partial charge in [-0.2, -0.15) is 13.2 Å². The minimum Gasteiger partial charge on any atom is -0.497 e. The van der Waals surface area contributed by atoms with E-state index in [0.717, 1.165) is 21.6 Å². The number of ether oxygens (including phenoxy) is 2. The van der Waals surface area contributed by atoms with Crippen molar-refractivity contribution in [3.63, 3.8) is 0 Å². The monoisotopic (exact) mass is 499 g/mol. The predicted molar refractivity (Wildman–Crippen MR) is 125 cm³/mol. The molecule has 4 rings (SSSR count). The van der Waals surface area contributed by atoms with Crippen LogP contribution in [-0.2, 0) is 19.9 Å². The molecule has 0 bridgehead atoms. The molecule has 1 aliphatic heterocycles. The van der Waals surface area contributed by atoms with Gasteiger partial charge >= 0.3 is 18.1 Å². The first kappa shape index (κ1) is 25.2.